The highest BCUT2D eigenvalue weighted by molar-refractivity contribution is 5.88. The smallest absolute Gasteiger partial charge is 0.335 e. The summed E-state index contributed by atoms with van der Waals surface area (Å²) in [7, 11) is 0. The van der Waals surface area contributed by atoms with Gasteiger partial charge in [0.15, 0.2) is 0 Å². The van der Waals surface area contributed by atoms with Gasteiger partial charge in [0.25, 0.3) is 0 Å². The number of benzene rings is 1. The van der Waals surface area contributed by atoms with Crippen molar-refractivity contribution in [3.8, 4) is 0 Å². The van der Waals surface area contributed by atoms with E-state index in [4.69, 9.17) is 5.11 Å². The summed E-state index contributed by atoms with van der Waals surface area (Å²) in [4.78, 5) is 10.7. The molecule has 0 fully saturated rings. The van der Waals surface area contributed by atoms with Gasteiger partial charge in [-0.25, -0.2) is 4.79 Å². The fourth-order valence-corrected chi connectivity index (χ4v) is 1.32. The highest BCUT2D eigenvalue weighted by atomic mass is 16.4. The average Bonchev–Trinajstić information content (AvgIpc) is 2.25. The molecule has 1 aromatic carbocycles. The largest absolute Gasteiger partial charge is 0.478 e. The molecule has 0 aromatic heterocycles. The summed E-state index contributed by atoms with van der Waals surface area (Å²) in [6, 6.07) is 6.97. The van der Waals surface area contributed by atoms with Crippen molar-refractivity contribution in [2.45, 2.75) is 26.2 Å². The van der Waals surface area contributed by atoms with E-state index in [1.165, 1.54) is 12.8 Å². The number of carboxylic acids is 1. The number of rotatable bonds is 5. The number of carboxylic acid groups (broad SMARTS) is 1. The molecule has 2 heteroatoms. The fourth-order valence-electron chi connectivity index (χ4n) is 1.32. The van der Waals surface area contributed by atoms with Crippen LogP contribution in [0.1, 0.15) is 42.1 Å². The van der Waals surface area contributed by atoms with Crippen LogP contribution in [0.3, 0.4) is 0 Å². The Bertz CT molecular complexity index is 353. The standard InChI is InChI=1S/C13H16O2/c1-2-3-4-5-7-11-8-6-9-12(10-11)13(14)15/h5-10H,2-4H2,1H3,(H,14,15)/b7-5+. The van der Waals surface area contributed by atoms with E-state index in [1.807, 2.05) is 12.1 Å². The summed E-state index contributed by atoms with van der Waals surface area (Å²) in [5.74, 6) is -0.876. The maximum Gasteiger partial charge on any atom is 0.335 e. The number of aromatic carboxylic acids is 1. The lowest BCUT2D eigenvalue weighted by Crippen LogP contribution is -1.95. The fraction of sp³-hybridized carbons (Fsp3) is 0.308. The Kier molecular flexibility index (Phi) is 4.61. The van der Waals surface area contributed by atoms with Crippen LogP contribution in [0, 0.1) is 0 Å². The quantitative estimate of drug-likeness (QED) is 0.744. The highest BCUT2D eigenvalue weighted by Crippen LogP contribution is 2.08. The molecule has 0 spiro atoms. The van der Waals surface area contributed by atoms with Gasteiger partial charge in [0, 0.05) is 0 Å². The van der Waals surface area contributed by atoms with E-state index in [-0.39, 0.29) is 0 Å². The van der Waals surface area contributed by atoms with E-state index in [0.29, 0.717) is 5.56 Å². The first-order chi connectivity index (χ1) is 7.24. The van der Waals surface area contributed by atoms with Crippen LogP contribution >= 0.6 is 0 Å². The van der Waals surface area contributed by atoms with Gasteiger partial charge in [-0.15, -0.1) is 0 Å². The van der Waals surface area contributed by atoms with Gasteiger partial charge in [-0.05, 0) is 24.1 Å². The molecule has 0 bridgehead atoms. The first-order valence-electron chi connectivity index (χ1n) is 5.24. The zero-order valence-corrected chi connectivity index (χ0v) is 8.94. The Hall–Kier alpha value is -1.57. The topological polar surface area (TPSA) is 37.3 Å². The lowest BCUT2D eigenvalue weighted by atomic mass is 10.1. The summed E-state index contributed by atoms with van der Waals surface area (Å²) in [5.41, 5.74) is 1.29. The molecule has 0 aliphatic carbocycles. The van der Waals surface area contributed by atoms with Crippen LogP contribution in [-0.2, 0) is 0 Å². The average molecular weight is 204 g/mol. The Balaban J connectivity index is 2.65. The first-order valence-corrected chi connectivity index (χ1v) is 5.24. The zero-order chi connectivity index (χ0) is 11.1. The molecule has 0 unspecified atom stereocenters. The molecular weight excluding hydrogens is 188 g/mol. The Morgan fingerprint density at radius 2 is 2.27 bits per heavy atom. The van der Waals surface area contributed by atoms with Crippen molar-refractivity contribution in [3.63, 3.8) is 0 Å². The normalized spacial score (nSPS) is 10.7. The minimum Gasteiger partial charge on any atom is -0.478 e. The third-order valence-electron chi connectivity index (χ3n) is 2.17. The molecule has 0 saturated heterocycles. The Morgan fingerprint density at radius 3 is 2.93 bits per heavy atom. The second-order valence-corrected chi connectivity index (χ2v) is 3.48. The lowest BCUT2D eigenvalue weighted by molar-refractivity contribution is 0.0697. The van der Waals surface area contributed by atoms with Crippen LogP contribution in [0.5, 0.6) is 0 Å². The SMILES string of the molecule is CCCC/C=C/c1cccc(C(=O)O)c1. The van der Waals surface area contributed by atoms with Gasteiger partial charge < -0.3 is 5.11 Å². The van der Waals surface area contributed by atoms with E-state index in [2.05, 4.69) is 13.0 Å². The second-order valence-electron chi connectivity index (χ2n) is 3.48. The van der Waals surface area contributed by atoms with E-state index in [1.54, 1.807) is 18.2 Å². The minimum absolute atomic E-state index is 0.340. The summed E-state index contributed by atoms with van der Waals surface area (Å²) >= 11 is 0. The summed E-state index contributed by atoms with van der Waals surface area (Å²) < 4.78 is 0. The number of hydrogen-bond donors (Lipinski definition) is 1. The molecule has 80 valence electrons. The Morgan fingerprint density at radius 1 is 1.47 bits per heavy atom. The van der Waals surface area contributed by atoms with Crippen molar-refractivity contribution in [2.75, 3.05) is 0 Å². The minimum atomic E-state index is -0.876. The molecule has 1 aromatic rings. The molecule has 2 nitrogen and oxygen atoms in total. The predicted molar refractivity (Wildman–Crippen MR) is 62.0 cm³/mol. The molecule has 0 saturated carbocycles. The first kappa shape index (κ1) is 11.5. The molecule has 0 aliphatic heterocycles. The van der Waals surface area contributed by atoms with Gasteiger partial charge in [-0.2, -0.15) is 0 Å². The van der Waals surface area contributed by atoms with Crippen molar-refractivity contribution in [1.82, 2.24) is 0 Å². The van der Waals surface area contributed by atoms with Crippen LogP contribution in [0.2, 0.25) is 0 Å². The second kappa shape index (κ2) is 6.02. The van der Waals surface area contributed by atoms with Crippen LogP contribution < -0.4 is 0 Å². The van der Waals surface area contributed by atoms with Crippen molar-refractivity contribution in [2.24, 2.45) is 0 Å². The summed E-state index contributed by atoms with van der Waals surface area (Å²) in [6.07, 6.45) is 7.47. The molecule has 0 atom stereocenters. The van der Waals surface area contributed by atoms with Crippen molar-refractivity contribution in [3.05, 3.63) is 41.5 Å². The van der Waals surface area contributed by atoms with E-state index >= 15 is 0 Å². The molecule has 1 rings (SSSR count). The Labute approximate surface area is 90.3 Å². The van der Waals surface area contributed by atoms with E-state index in [9.17, 15) is 4.79 Å². The molecule has 1 N–H and O–H groups in total. The molecular formula is C13H16O2. The number of carbonyl (C=O) groups is 1. The van der Waals surface area contributed by atoms with Crippen LogP contribution in [0.25, 0.3) is 6.08 Å². The molecule has 0 amide bonds. The maximum absolute atomic E-state index is 10.7. The third kappa shape index (κ3) is 3.98. The number of hydrogen-bond acceptors (Lipinski definition) is 1. The molecule has 0 heterocycles. The van der Waals surface area contributed by atoms with E-state index in [0.717, 1.165) is 12.0 Å². The monoisotopic (exact) mass is 204 g/mol. The molecule has 0 radical (unpaired) electrons. The predicted octanol–water partition coefficient (Wildman–Crippen LogP) is 3.59. The van der Waals surface area contributed by atoms with E-state index < -0.39 is 5.97 Å². The summed E-state index contributed by atoms with van der Waals surface area (Å²) in [5, 5.41) is 8.79. The number of unbranched alkanes of at least 4 members (excludes halogenated alkanes) is 2. The van der Waals surface area contributed by atoms with Crippen LogP contribution in [0.4, 0.5) is 0 Å². The third-order valence-corrected chi connectivity index (χ3v) is 2.17. The zero-order valence-electron chi connectivity index (χ0n) is 8.94. The van der Waals surface area contributed by atoms with Crippen molar-refractivity contribution >= 4 is 12.0 Å². The van der Waals surface area contributed by atoms with Gasteiger partial charge in [-0.3, -0.25) is 0 Å². The number of allylic oxidation sites excluding steroid dienone is 1. The summed E-state index contributed by atoms with van der Waals surface area (Å²) in [6.45, 7) is 2.15. The lowest BCUT2D eigenvalue weighted by Gasteiger charge is -1.96. The highest BCUT2D eigenvalue weighted by Gasteiger charge is 2.00. The van der Waals surface area contributed by atoms with Gasteiger partial charge in [-0.1, -0.05) is 44.1 Å². The van der Waals surface area contributed by atoms with Crippen LogP contribution in [-0.4, -0.2) is 11.1 Å². The van der Waals surface area contributed by atoms with Gasteiger partial charge in [0.05, 0.1) is 5.56 Å². The maximum atomic E-state index is 10.7. The molecule has 0 aliphatic rings. The van der Waals surface area contributed by atoms with Crippen molar-refractivity contribution in [1.29, 1.82) is 0 Å². The van der Waals surface area contributed by atoms with Crippen LogP contribution in [0.15, 0.2) is 30.3 Å². The van der Waals surface area contributed by atoms with Gasteiger partial charge in [0.1, 0.15) is 0 Å². The van der Waals surface area contributed by atoms with Gasteiger partial charge >= 0.3 is 5.97 Å². The van der Waals surface area contributed by atoms with Crippen molar-refractivity contribution < 1.29 is 9.90 Å². The van der Waals surface area contributed by atoms with Gasteiger partial charge in [0.2, 0.25) is 0 Å². The molecule has 15 heavy (non-hydrogen) atoms.